The summed E-state index contributed by atoms with van der Waals surface area (Å²) in [6.07, 6.45) is 7.53. The fourth-order valence-electron chi connectivity index (χ4n) is 5.72. The zero-order chi connectivity index (χ0) is 20.1. The van der Waals surface area contributed by atoms with Crippen molar-refractivity contribution < 1.29 is 0 Å². The van der Waals surface area contributed by atoms with Crippen LogP contribution < -0.4 is 0 Å². The van der Waals surface area contributed by atoms with Crippen LogP contribution in [0.2, 0.25) is 0 Å². The Hall–Kier alpha value is -4.05. The lowest BCUT2D eigenvalue weighted by Gasteiger charge is -2.12. The van der Waals surface area contributed by atoms with Gasteiger partial charge in [-0.15, -0.1) is 0 Å². The average molecular weight is 396 g/mol. The van der Waals surface area contributed by atoms with Crippen molar-refractivity contribution in [1.82, 2.24) is 19.4 Å². The Morgan fingerprint density at radius 3 is 2.68 bits per heavy atom. The minimum absolute atomic E-state index is 0.861. The van der Waals surface area contributed by atoms with Crippen LogP contribution in [0.25, 0.3) is 49.8 Å². The largest absolute Gasteiger partial charge is 0.275 e. The summed E-state index contributed by atoms with van der Waals surface area (Å²) in [5, 5.41) is 3.36. The first-order valence-corrected chi connectivity index (χ1v) is 10.6. The maximum Gasteiger partial charge on any atom is 0.148 e. The van der Waals surface area contributed by atoms with Crippen LogP contribution >= 0.6 is 0 Å². The van der Waals surface area contributed by atoms with Crippen LogP contribution in [0, 0.1) is 0 Å². The quantitative estimate of drug-likeness (QED) is 0.315. The molecule has 2 aliphatic rings. The maximum atomic E-state index is 5.15. The van der Waals surface area contributed by atoms with E-state index < -0.39 is 0 Å². The highest BCUT2D eigenvalue weighted by molar-refractivity contribution is 6.11. The molecule has 144 valence electrons. The molecule has 0 saturated carbocycles. The molecule has 4 aromatic heterocycles. The molecule has 0 fully saturated rings. The summed E-state index contributed by atoms with van der Waals surface area (Å²) in [4.78, 5) is 14.3. The van der Waals surface area contributed by atoms with Crippen LogP contribution in [0.3, 0.4) is 0 Å². The zero-order valence-electron chi connectivity index (χ0n) is 16.6. The van der Waals surface area contributed by atoms with Gasteiger partial charge in [0.15, 0.2) is 0 Å². The van der Waals surface area contributed by atoms with Gasteiger partial charge in [-0.25, -0.2) is 9.97 Å². The maximum absolute atomic E-state index is 5.15. The fourth-order valence-corrected chi connectivity index (χ4v) is 5.72. The van der Waals surface area contributed by atoms with Crippen LogP contribution in [-0.4, -0.2) is 19.4 Å². The van der Waals surface area contributed by atoms with Gasteiger partial charge in [0.1, 0.15) is 11.3 Å². The van der Waals surface area contributed by atoms with Gasteiger partial charge in [0.2, 0.25) is 0 Å². The predicted octanol–water partition coefficient (Wildman–Crippen LogP) is 5.57. The summed E-state index contributed by atoms with van der Waals surface area (Å²) >= 11 is 0. The topological polar surface area (TPSA) is 43.1 Å². The summed E-state index contributed by atoms with van der Waals surface area (Å²) in [7, 11) is 0. The van der Waals surface area contributed by atoms with Crippen molar-refractivity contribution in [2.24, 2.45) is 0 Å². The molecule has 0 radical (unpaired) electrons. The molecule has 4 nitrogen and oxygen atoms in total. The van der Waals surface area contributed by atoms with Crippen LogP contribution in [0.15, 0.2) is 73.2 Å². The molecule has 0 saturated heterocycles. The van der Waals surface area contributed by atoms with Gasteiger partial charge in [0, 0.05) is 41.3 Å². The highest BCUT2D eigenvalue weighted by Gasteiger charge is 2.32. The summed E-state index contributed by atoms with van der Waals surface area (Å²) in [6, 6.07) is 19.6. The van der Waals surface area contributed by atoms with E-state index in [9.17, 15) is 0 Å². The number of pyridine rings is 3. The minimum Gasteiger partial charge on any atom is -0.275 e. The van der Waals surface area contributed by atoms with Crippen molar-refractivity contribution in [2.45, 2.75) is 12.8 Å². The zero-order valence-corrected chi connectivity index (χ0v) is 16.6. The first-order chi connectivity index (χ1) is 15.4. The summed E-state index contributed by atoms with van der Waals surface area (Å²) in [5.74, 6) is 0. The van der Waals surface area contributed by atoms with Crippen molar-refractivity contribution >= 4 is 27.5 Å². The number of hydrogen-bond acceptors (Lipinski definition) is 3. The molecule has 31 heavy (non-hydrogen) atoms. The number of imidazole rings is 1. The van der Waals surface area contributed by atoms with E-state index in [-0.39, 0.29) is 0 Å². The van der Waals surface area contributed by atoms with Crippen molar-refractivity contribution in [2.75, 3.05) is 0 Å². The van der Waals surface area contributed by atoms with Crippen LogP contribution in [0.4, 0.5) is 0 Å². The SMILES string of the molecule is c1ccc2c(c1)Cc1ccc3c(c1-2)Cc1nc2c4cnccc4c4cccnc4n2c1-3. The van der Waals surface area contributed by atoms with E-state index in [1.165, 1.54) is 39.1 Å². The average Bonchev–Trinajstić information content (AvgIpc) is 3.48. The Balaban J connectivity index is 1.53. The first-order valence-electron chi connectivity index (χ1n) is 10.6. The Kier molecular flexibility index (Phi) is 2.72. The van der Waals surface area contributed by atoms with E-state index in [4.69, 9.17) is 9.97 Å². The summed E-state index contributed by atoms with van der Waals surface area (Å²) < 4.78 is 2.26. The van der Waals surface area contributed by atoms with Crippen molar-refractivity contribution in [3.8, 4) is 22.4 Å². The lowest BCUT2D eigenvalue weighted by Crippen LogP contribution is -1.97. The number of nitrogens with zero attached hydrogens (tertiary/aromatic N) is 4. The summed E-state index contributed by atoms with van der Waals surface area (Å²) in [5.41, 5.74) is 12.6. The molecular weight excluding hydrogens is 380 g/mol. The third kappa shape index (κ3) is 1.84. The highest BCUT2D eigenvalue weighted by atomic mass is 15.1. The van der Waals surface area contributed by atoms with Crippen molar-refractivity contribution in [3.63, 3.8) is 0 Å². The molecule has 6 aromatic rings. The van der Waals surface area contributed by atoms with Gasteiger partial charge in [-0.2, -0.15) is 0 Å². The van der Waals surface area contributed by atoms with Crippen molar-refractivity contribution in [1.29, 1.82) is 0 Å². The summed E-state index contributed by atoms with van der Waals surface area (Å²) in [6.45, 7) is 0. The third-order valence-corrected chi connectivity index (χ3v) is 6.97. The van der Waals surface area contributed by atoms with E-state index in [0.29, 0.717) is 0 Å². The lowest BCUT2D eigenvalue weighted by atomic mass is 9.96. The Labute approximate surface area is 177 Å². The van der Waals surface area contributed by atoms with Gasteiger partial charge in [-0.3, -0.25) is 9.38 Å². The van der Waals surface area contributed by atoms with Gasteiger partial charge in [-0.1, -0.05) is 36.4 Å². The molecular formula is C27H16N4. The number of hydrogen-bond donors (Lipinski definition) is 0. The van der Waals surface area contributed by atoms with Gasteiger partial charge in [0.25, 0.3) is 0 Å². The van der Waals surface area contributed by atoms with Gasteiger partial charge in [0.05, 0.1) is 11.4 Å². The second-order valence-corrected chi connectivity index (χ2v) is 8.50. The van der Waals surface area contributed by atoms with E-state index in [2.05, 4.69) is 57.9 Å². The predicted molar refractivity (Wildman–Crippen MR) is 122 cm³/mol. The van der Waals surface area contributed by atoms with Crippen LogP contribution in [0.5, 0.6) is 0 Å². The number of fused-ring (bicyclic) bond motifs is 14. The molecule has 2 aromatic carbocycles. The first kappa shape index (κ1) is 15.7. The molecule has 0 N–H and O–H groups in total. The van der Waals surface area contributed by atoms with Crippen molar-refractivity contribution in [3.05, 3.63) is 95.6 Å². The third-order valence-electron chi connectivity index (χ3n) is 6.97. The Morgan fingerprint density at radius 2 is 1.68 bits per heavy atom. The fraction of sp³-hybridized carbons (Fsp3) is 0.0741. The van der Waals surface area contributed by atoms with Crippen LogP contribution in [0.1, 0.15) is 22.4 Å². The molecule has 0 spiro atoms. The van der Waals surface area contributed by atoms with E-state index in [0.717, 1.165) is 46.0 Å². The molecule has 0 bridgehead atoms. The number of aromatic nitrogens is 4. The molecule has 8 rings (SSSR count). The highest BCUT2D eigenvalue weighted by Crippen LogP contribution is 2.48. The second kappa shape index (κ2) is 5.35. The molecule has 2 aliphatic carbocycles. The van der Waals surface area contributed by atoms with E-state index in [1.807, 2.05) is 24.7 Å². The van der Waals surface area contributed by atoms with Crippen LogP contribution in [-0.2, 0) is 12.8 Å². The monoisotopic (exact) mass is 396 g/mol. The van der Waals surface area contributed by atoms with Gasteiger partial charge in [-0.05, 0) is 57.8 Å². The number of benzene rings is 2. The molecule has 4 heteroatoms. The molecule has 4 heterocycles. The van der Waals surface area contributed by atoms with Gasteiger partial charge >= 0.3 is 0 Å². The molecule has 0 unspecified atom stereocenters. The second-order valence-electron chi connectivity index (χ2n) is 8.50. The van der Waals surface area contributed by atoms with E-state index in [1.54, 1.807) is 0 Å². The smallest absolute Gasteiger partial charge is 0.148 e. The molecule has 0 atom stereocenters. The standard InChI is InChI=1S/C27H16N4/c1-2-5-17-15(4-1)12-16-7-8-19-21(24(16)17)13-23-25(19)31-26-20(6-3-10-29-26)18-9-11-28-14-22(18)27(31)30-23/h1-11,14H,12-13H2. The normalized spacial score (nSPS) is 13.5. The van der Waals surface area contributed by atoms with E-state index >= 15 is 0 Å². The number of rotatable bonds is 0. The Bertz CT molecular complexity index is 1740. The Morgan fingerprint density at radius 1 is 0.710 bits per heavy atom. The van der Waals surface area contributed by atoms with Gasteiger partial charge < -0.3 is 0 Å². The molecule has 0 aliphatic heterocycles. The minimum atomic E-state index is 0.861. The lowest BCUT2D eigenvalue weighted by molar-refractivity contribution is 1.16. The molecule has 0 amide bonds.